The first-order valence-electron chi connectivity index (χ1n) is 5.18. The van der Waals surface area contributed by atoms with Crippen LogP contribution in [0.25, 0.3) is 0 Å². The van der Waals surface area contributed by atoms with Crippen LogP contribution in [0.5, 0.6) is 0 Å². The van der Waals surface area contributed by atoms with Crippen molar-refractivity contribution >= 4 is 17.7 Å². The highest BCUT2D eigenvalue weighted by Crippen LogP contribution is 2.10. The van der Waals surface area contributed by atoms with Gasteiger partial charge in [0.25, 0.3) is 0 Å². The van der Waals surface area contributed by atoms with E-state index in [0.717, 1.165) is 37.6 Å². The van der Waals surface area contributed by atoms with Crippen molar-refractivity contribution in [2.75, 3.05) is 24.7 Å². The third-order valence-electron chi connectivity index (χ3n) is 2.68. The molecular formula is C9H17N3OS. The summed E-state index contributed by atoms with van der Waals surface area (Å²) in [7, 11) is 0. The molecule has 0 unspecified atom stereocenters. The molecule has 2 fully saturated rings. The molecule has 2 rings (SSSR count). The van der Waals surface area contributed by atoms with Crippen LogP contribution in [0.4, 0.5) is 0 Å². The number of hydrogen-bond acceptors (Lipinski definition) is 4. The monoisotopic (exact) mass is 215 g/mol. The summed E-state index contributed by atoms with van der Waals surface area (Å²) < 4.78 is 0. The maximum atomic E-state index is 11.7. The Hall–Kier alpha value is -0.260. The lowest BCUT2D eigenvalue weighted by atomic mass is 10.1. The molecule has 2 heterocycles. The van der Waals surface area contributed by atoms with Gasteiger partial charge in [-0.1, -0.05) is 0 Å². The summed E-state index contributed by atoms with van der Waals surface area (Å²) in [6, 6.07) is 0.366. The Morgan fingerprint density at radius 2 is 2.43 bits per heavy atom. The van der Waals surface area contributed by atoms with Crippen LogP contribution in [0, 0.1) is 0 Å². The fraction of sp³-hybridized carbons (Fsp3) is 0.889. The van der Waals surface area contributed by atoms with Crippen LogP contribution in [-0.2, 0) is 4.79 Å². The molecule has 4 nitrogen and oxygen atoms in total. The van der Waals surface area contributed by atoms with E-state index in [1.165, 1.54) is 0 Å². The zero-order chi connectivity index (χ0) is 9.80. The number of rotatable bonds is 2. The lowest BCUT2D eigenvalue weighted by Crippen LogP contribution is -2.51. The molecule has 80 valence electrons. The Labute approximate surface area is 88.6 Å². The number of nitrogens with one attached hydrogen (secondary N) is 3. The first kappa shape index (κ1) is 10.3. The molecule has 0 aromatic heterocycles. The Morgan fingerprint density at radius 1 is 1.50 bits per heavy atom. The summed E-state index contributed by atoms with van der Waals surface area (Å²) in [5, 5.41) is 9.55. The van der Waals surface area contributed by atoms with Crippen molar-refractivity contribution in [3.8, 4) is 0 Å². The number of piperidine rings is 1. The number of amides is 1. The van der Waals surface area contributed by atoms with E-state index in [4.69, 9.17) is 0 Å². The first-order valence-corrected chi connectivity index (χ1v) is 6.34. The topological polar surface area (TPSA) is 53.2 Å². The minimum atomic E-state index is 0.0296. The van der Waals surface area contributed by atoms with E-state index < -0.39 is 0 Å². The summed E-state index contributed by atoms with van der Waals surface area (Å²) in [5.74, 6) is 1.98. The predicted octanol–water partition coefficient (Wildman–Crippen LogP) is -0.483. The van der Waals surface area contributed by atoms with Crippen LogP contribution in [0.15, 0.2) is 0 Å². The Kier molecular flexibility index (Phi) is 3.67. The second kappa shape index (κ2) is 5.00. The maximum absolute atomic E-state index is 11.7. The van der Waals surface area contributed by atoms with Crippen molar-refractivity contribution in [2.45, 2.75) is 24.9 Å². The van der Waals surface area contributed by atoms with Gasteiger partial charge in [-0.25, -0.2) is 0 Å². The van der Waals surface area contributed by atoms with Gasteiger partial charge in [-0.3, -0.25) is 10.1 Å². The van der Waals surface area contributed by atoms with E-state index in [9.17, 15) is 4.79 Å². The highest BCUT2D eigenvalue weighted by molar-refractivity contribution is 7.99. The molecule has 1 amide bonds. The molecule has 0 spiro atoms. The molecule has 0 aromatic rings. The smallest absolute Gasteiger partial charge is 0.238 e. The summed E-state index contributed by atoms with van der Waals surface area (Å²) in [5.41, 5.74) is 0. The number of carbonyl (C=O) groups excluding carboxylic acids is 1. The molecule has 14 heavy (non-hydrogen) atoms. The molecule has 0 aliphatic carbocycles. The van der Waals surface area contributed by atoms with Gasteiger partial charge in [-0.05, 0) is 19.4 Å². The van der Waals surface area contributed by atoms with Crippen LogP contribution in [0.1, 0.15) is 12.8 Å². The highest BCUT2D eigenvalue weighted by Gasteiger charge is 2.24. The van der Waals surface area contributed by atoms with Crippen molar-refractivity contribution in [3.63, 3.8) is 0 Å². The van der Waals surface area contributed by atoms with Gasteiger partial charge in [-0.2, -0.15) is 0 Å². The molecule has 0 radical (unpaired) electrons. The van der Waals surface area contributed by atoms with Crippen molar-refractivity contribution in [1.82, 2.24) is 16.0 Å². The fourth-order valence-electron chi connectivity index (χ4n) is 1.84. The SMILES string of the molecule is O=C(N[C@H]1CCCNC1)[C@H]1CSCN1. The van der Waals surface area contributed by atoms with Crippen LogP contribution in [-0.4, -0.2) is 42.7 Å². The molecule has 2 saturated heterocycles. The largest absolute Gasteiger partial charge is 0.351 e. The van der Waals surface area contributed by atoms with Gasteiger partial charge >= 0.3 is 0 Å². The Morgan fingerprint density at radius 3 is 3.07 bits per heavy atom. The summed E-state index contributed by atoms with van der Waals surface area (Å²) in [4.78, 5) is 11.7. The molecule has 0 aromatic carbocycles. The Bertz CT molecular complexity index is 200. The van der Waals surface area contributed by atoms with Gasteiger partial charge in [0.1, 0.15) is 0 Å². The number of carbonyl (C=O) groups is 1. The van der Waals surface area contributed by atoms with Crippen molar-refractivity contribution in [2.24, 2.45) is 0 Å². The van der Waals surface area contributed by atoms with Gasteiger partial charge in [0, 0.05) is 24.2 Å². The summed E-state index contributed by atoms with van der Waals surface area (Å²) >= 11 is 1.78. The maximum Gasteiger partial charge on any atom is 0.238 e. The zero-order valence-electron chi connectivity index (χ0n) is 8.21. The van der Waals surface area contributed by atoms with Crippen molar-refractivity contribution in [3.05, 3.63) is 0 Å². The fourth-order valence-corrected chi connectivity index (χ4v) is 2.78. The molecule has 2 aliphatic heterocycles. The number of hydrogen-bond donors (Lipinski definition) is 3. The van der Waals surface area contributed by atoms with E-state index in [-0.39, 0.29) is 11.9 Å². The van der Waals surface area contributed by atoms with Crippen LogP contribution >= 0.6 is 11.8 Å². The number of thioether (sulfide) groups is 1. The van der Waals surface area contributed by atoms with E-state index in [1.807, 2.05) is 0 Å². The summed E-state index contributed by atoms with van der Waals surface area (Å²) in [6.07, 6.45) is 2.27. The van der Waals surface area contributed by atoms with E-state index in [1.54, 1.807) is 11.8 Å². The van der Waals surface area contributed by atoms with Gasteiger partial charge in [0.2, 0.25) is 5.91 Å². The quantitative estimate of drug-likeness (QED) is 0.582. The van der Waals surface area contributed by atoms with Crippen molar-refractivity contribution < 1.29 is 4.79 Å². The second-order valence-corrected chi connectivity index (χ2v) is 4.85. The van der Waals surface area contributed by atoms with E-state index >= 15 is 0 Å². The third kappa shape index (κ3) is 2.62. The van der Waals surface area contributed by atoms with Crippen LogP contribution in [0.2, 0.25) is 0 Å². The first-order chi connectivity index (χ1) is 6.86. The predicted molar refractivity (Wildman–Crippen MR) is 58.3 cm³/mol. The molecule has 0 bridgehead atoms. The molecule has 5 heteroatoms. The molecular weight excluding hydrogens is 198 g/mol. The van der Waals surface area contributed by atoms with E-state index in [2.05, 4.69) is 16.0 Å². The minimum absolute atomic E-state index is 0.0296. The molecule has 3 N–H and O–H groups in total. The standard InChI is InChI=1S/C9H17N3OS/c13-9(8-5-14-6-11-8)12-7-2-1-3-10-4-7/h7-8,10-11H,1-6H2,(H,12,13)/t7-,8+/m0/s1. The Balaban J connectivity index is 1.75. The lowest BCUT2D eigenvalue weighted by molar-refractivity contribution is -0.123. The van der Waals surface area contributed by atoms with Gasteiger partial charge in [0.05, 0.1) is 6.04 Å². The zero-order valence-corrected chi connectivity index (χ0v) is 9.03. The lowest BCUT2D eigenvalue weighted by Gasteiger charge is -2.25. The minimum Gasteiger partial charge on any atom is -0.351 e. The van der Waals surface area contributed by atoms with Crippen molar-refractivity contribution in [1.29, 1.82) is 0 Å². The average molecular weight is 215 g/mol. The average Bonchev–Trinajstić information content (AvgIpc) is 2.72. The normalized spacial score (nSPS) is 32.9. The molecule has 2 aliphatic rings. The van der Waals surface area contributed by atoms with Crippen LogP contribution in [0.3, 0.4) is 0 Å². The molecule has 0 saturated carbocycles. The molecule has 2 atom stereocenters. The van der Waals surface area contributed by atoms with Gasteiger partial charge in [0.15, 0.2) is 0 Å². The summed E-state index contributed by atoms with van der Waals surface area (Å²) in [6.45, 7) is 2.01. The van der Waals surface area contributed by atoms with Crippen LogP contribution < -0.4 is 16.0 Å². The van der Waals surface area contributed by atoms with Gasteiger partial charge in [-0.15, -0.1) is 11.8 Å². The van der Waals surface area contributed by atoms with E-state index in [0.29, 0.717) is 6.04 Å². The third-order valence-corrected chi connectivity index (χ3v) is 3.62. The highest BCUT2D eigenvalue weighted by atomic mass is 32.2. The second-order valence-electron chi connectivity index (χ2n) is 3.82. The van der Waals surface area contributed by atoms with Gasteiger partial charge < -0.3 is 10.6 Å².